The fraction of sp³-hybridized carbons (Fsp3) is 0.632. The average Bonchev–Trinajstić information content (AvgIpc) is 2.87. The third-order valence-electron chi connectivity index (χ3n) is 4.84. The molecule has 0 unspecified atom stereocenters. The van der Waals surface area contributed by atoms with Crippen molar-refractivity contribution in [3.63, 3.8) is 0 Å². The van der Waals surface area contributed by atoms with Gasteiger partial charge in [0.2, 0.25) is 0 Å². The third kappa shape index (κ3) is 3.72. The maximum absolute atomic E-state index is 15.0. The molecule has 2 heterocycles. The lowest BCUT2D eigenvalue weighted by atomic mass is 9.95. The molecule has 1 amide bonds. The Balaban J connectivity index is 1.62. The van der Waals surface area contributed by atoms with E-state index in [1.807, 2.05) is 51.1 Å². The number of nitrogens with one attached hydrogen (secondary N) is 1. The van der Waals surface area contributed by atoms with E-state index in [0.29, 0.717) is 19.4 Å². The molecule has 24 heavy (non-hydrogen) atoms. The van der Waals surface area contributed by atoms with Crippen molar-refractivity contribution in [1.82, 2.24) is 10.2 Å². The van der Waals surface area contributed by atoms with Crippen molar-refractivity contribution in [2.75, 3.05) is 0 Å². The van der Waals surface area contributed by atoms with Crippen molar-refractivity contribution in [2.45, 2.75) is 76.5 Å². The van der Waals surface area contributed by atoms with Crippen LogP contribution in [-0.4, -0.2) is 40.9 Å². The lowest BCUT2D eigenvalue weighted by Crippen LogP contribution is -2.59. The molecular weight excluding hydrogens is 307 g/mol. The van der Waals surface area contributed by atoms with Crippen molar-refractivity contribution in [1.29, 1.82) is 0 Å². The van der Waals surface area contributed by atoms with Crippen molar-refractivity contribution in [3.05, 3.63) is 35.9 Å². The zero-order valence-corrected chi connectivity index (χ0v) is 14.7. The SMILES string of the molecule is CC(C)(C)OC(=O)N1[C@@H]2CC[C@H]1[C@H](F)[C@@H](NCc1ccccc1)C2. The number of piperidine rings is 1. The average molecular weight is 334 g/mol. The van der Waals surface area contributed by atoms with Gasteiger partial charge in [-0.05, 0) is 45.6 Å². The van der Waals surface area contributed by atoms with Crippen LogP contribution in [0.25, 0.3) is 0 Å². The summed E-state index contributed by atoms with van der Waals surface area (Å²) in [4.78, 5) is 14.1. The summed E-state index contributed by atoms with van der Waals surface area (Å²) in [5.74, 6) is 0. The van der Waals surface area contributed by atoms with Gasteiger partial charge in [0.15, 0.2) is 0 Å². The van der Waals surface area contributed by atoms with Crippen LogP contribution in [0.2, 0.25) is 0 Å². The number of ether oxygens (including phenoxy) is 1. The van der Waals surface area contributed by atoms with Gasteiger partial charge in [0, 0.05) is 18.6 Å². The van der Waals surface area contributed by atoms with Gasteiger partial charge < -0.3 is 10.1 Å². The Kier molecular flexibility index (Phi) is 4.81. The van der Waals surface area contributed by atoms with Gasteiger partial charge in [-0.2, -0.15) is 0 Å². The molecule has 1 aromatic rings. The lowest BCUT2D eigenvalue weighted by Gasteiger charge is -2.41. The zero-order chi connectivity index (χ0) is 17.3. The number of benzene rings is 1. The number of fused-ring (bicyclic) bond motifs is 2. The van der Waals surface area contributed by atoms with Crippen LogP contribution in [0.15, 0.2) is 30.3 Å². The molecule has 5 heteroatoms. The van der Waals surface area contributed by atoms with Gasteiger partial charge in [0.05, 0.1) is 6.04 Å². The van der Waals surface area contributed by atoms with E-state index in [9.17, 15) is 9.18 Å². The molecule has 1 aromatic carbocycles. The summed E-state index contributed by atoms with van der Waals surface area (Å²) in [6.07, 6.45) is 0.783. The third-order valence-corrected chi connectivity index (χ3v) is 4.84. The van der Waals surface area contributed by atoms with Gasteiger partial charge in [-0.1, -0.05) is 30.3 Å². The number of carbonyl (C=O) groups excluding carboxylic acids is 1. The number of halogens is 1. The number of rotatable bonds is 3. The van der Waals surface area contributed by atoms with E-state index in [1.54, 1.807) is 4.90 Å². The smallest absolute Gasteiger partial charge is 0.410 e. The van der Waals surface area contributed by atoms with Crippen LogP contribution in [-0.2, 0) is 11.3 Å². The molecule has 0 saturated carbocycles. The molecule has 0 aliphatic carbocycles. The monoisotopic (exact) mass is 334 g/mol. The first kappa shape index (κ1) is 17.2. The van der Waals surface area contributed by atoms with E-state index in [1.165, 1.54) is 0 Å². The van der Waals surface area contributed by atoms with Gasteiger partial charge in [-0.25, -0.2) is 9.18 Å². The van der Waals surface area contributed by atoms with E-state index in [-0.39, 0.29) is 24.2 Å². The van der Waals surface area contributed by atoms with E-state index in [4.69, 9.17) is 4.74 Å². The number of alkyl halides is 1. The molecule has 2 bridgehead atoms. The maximum atomic E-state index is 15.0. The van der Waals surface area contributed by atoms with Gasteiger partial charge >= 0.3 is 6.09 Å². The number of hydrogen-bond donors (Lipinski definition) is 1. The van der Waals surface area contributed by atoms with Gasteiger partial charge in [-0.3, -0.25) is 4.90 Å². The molecule has 1 N–H and O–H groups in total. The summed E-state index contributed by atoms with van der Waals surface area (Å²) in [6, 6.07) is 9.51. The normalized spacial score (nSPS) is 29.6. The van der Waals surface area contributed by atoms with Crippen LogP contribution in [0.4, 0.5) is 9.18 Å². The highest BCUT2D eigenvalue weighted by molar-refractivity contribution is 5.70. The molecular formula is C19H27FN2O2. The highest BCUT2D eigenvalue weighted by Gasteiger charge is 2.50. The van der Waals surface area contributed by atoms with Crippen molar-refractivity contribution in [3.8, 4) is 0 Å². The first-order valence-electron chi connectivity index (χ1n) is 8.78. The van der Waals surface area contributed by atoms with Crippen LogP contribution in [0.5, 0.6) is 0 Å². The second-order valence-corrected chi connectivity index (χ2v) is 7.84. The van der Waals surface area contributed by atoms with Crippen molar-refractivity contribution < 1.29 is 13.9 Å². The van der Waals surface area contributed by atoms with Crippen LogP contribution < -0.4 is 5.32 Å². The van der Waals surface area contributed by atoms with Gasteiger partial charge in [0.25, 0.3) is 0 Å². The second kappa shape index (κ2) is 6.71. The minimum absolute atomic E-state index is 0.0742. The maximum Gasteiger partial charge on any atom is 0.410 e. The van der Waals surface area contributed by atoms with E-state index < -0.39 is 11.8 Å². The lowest BCUT2D eigenvalue weighted by molar-refractivity contribution is -0.0135. The second-order valence-electron chi connectivity index (χ2n) is 7.84. The Morgan fingerprint density at radius 3 is 2.67 bits per heavy atom. The molecule has 2 aliphatic rings. The molecule has 132 valence electrons. The molecule has 0 aromatic heterocycles. The Bertz CT molecular complexity index is 572. The fourth-order valence-electron chi connectivity index (χ4n) is 3.79. The summed E-state index contributed by atoms with van der Waals surface area (Å²) in [7, 11) is 0. The molecule has 0 spiro atoms. The van der Waals surface area contributed by atoms with E-state index in [0.717, 1.165) is 12.0 Å². The van der Waals surface area contributed by atoms with Crippen LogP contribution in [0, 0.1) is 0 Å². The van der Waals surface area contributed by atoms with Crippen molar-refractivity contribution >= 4 is 6.09 Å². The molecule has 2 saturated heterocycles. The largest absolute Gasteiger partial charge is 0.444 e. The molecule has 4 atom stereocenters. The minimum Gasteiger partial charge on any atom is -0.444 e. The number of hydrogen-bond acceptors (Lipinski definition) is 3. The van der Waals surface area contributed by atoms with Crippen LogP contribution in [0.3, 0.4) is 0 Å². The molecule has 2 fully saturated rings. The first-order valence-corrected chi connectivity index (χ1v) is 8.78. The summed E-state index contributed by atoms with van der Waals surface area (Å²) < 4.78 is 20.4. The fourth-order valence-corrected chi connectivity index (χ4v) is 3.79. The van der Waals surface area contributed by atoms with Crippen LogP contribution in [0.1, 0.15) is 45.6 Å². The van der Waals surface area contributed by atoms with E-state index in [2.05, 4.69) is 5.32 Å². The summed E-state index contributed by atoms with van der Waals surface area (Å²) in [6.45, 7) is 6.17. The number of nitrogens with zero attached hydrogens (tertiary/aromatic N) is 1. The Labute approximate surface area is 143 Å². The predicted octanol–water partition coefficient (Wildman–Crippen LogP) is 3.65. The summed E-state index contributed by atoms with van der Waals surface area (Å²) in [5, 5.41) is 3.34. The van der Waals surface area contributed by atoms with Gasteiger partial charge in [-0.15, -0.1) is 0 Å². The number of carbonyl (C=O) groups is 1. The summed E-state index contributed by atoms with van der Waals surface area (Å²) >= 11 is 0. The highest BCUT2D eigenvalue weighted by Crippen LogP contribution is 2.38. The highest BCUT2D eigenvalue weighted by atomic mass is 19.1. The van der Waals surface area contributed by atoms with E-state index >= 15 is 0 Å². The Hall–Kier alpha value is -1.62. The number of amides is 1. The molecule has 4 nitrogen and oxygen atoms in total. The molecule has 0 radical (unpaired) electrons. The Morgan fingerprint density at radius 2 is 2.00 bits per heavy atom. The summed E-state index contributed by atoms with van der Waals surface area (Å²) in [5.41, 5.74) is 0.594. The quantitative estimate of drug-likeness (QED) is 0.917. The van der Waals surface area contributed by atoms with Crippen LogP contribution >= 0.6 is 0 Å². The molecule has 3 rings (SSSR count). The standard InChI is InChI=1S/C19H27FN2O2/c1-19(2,3)24-18(23)22-14-9-10-16(22)17(20)15(11-14)21-12-13-7-5-4-6-8-13/h4-8,14-17,21H,9-12H2,1-3H3/t14-,15+,16+,17-/m1/s1. The first-order chi connectivity index (χ1) is 11.3. The van der Waals surface area contributed by atoms with Gasteiger partial charge in [0.1, 0.15) is 11.8 Å². The zero-order valence-electron chi connectivity index (χ0n) is 14.7. The van der Waals surface area contributed by atoms with Crippen molar-refractivity contribution in [2.24, 2.45) is 0 Å². The molecule has 2 aliphatic heterocycles. The topological polar surface area (TPSA) is 41.6 Å². The predicted molar refractivity (Wildman–Crippen MR) is 91.5 cm³/mol. The minimum atomic E-state index is -1.06. The Morgan fingerprint density at radius 1 is 1.29 bits per heavy atom.